The molecule has 1 heterocycles. The van der Waals surface area contributed by atoms with Crippen LogP contribution in [0.1, 0.15) is 39.7 Å². The molecule has 2 N–H and O–H groups in total. The van der Waals surface area contributed by atoms with Gasteiger partial charge in [0.1, 0.15) is 11.8 Å². The van der Waals surface area contributed by atoms with Crippen molar-refractivity contribution in [1.82, 2.24) is 10.4 Å². The fraction of sp³-hybridized carbons (Fsp3) is 0.143. The minimum Gasteiger partial charge on any atom is -0.506 e. The standard InChI is InChI=1S/C28H18N4O6/c29-13-20(25(33)14-9-11-15(12-10-14)32(37)38)26(34)30-31-27(35)23-21-16-5-1-2-6-17(16)22(24(23)28(31)36)19-8-4-3-7-18(19)21/h1-12,21-24,33H,(H,30,34)/b25-20-/t21?,22?,23-,24-/m1/s1. The number of non-ortho nitro benzene ring substituents is 1. The molecular weight excluding hydrogens is 488 g/mol. The maximum absolute atomic E-state index is 13.6. The third-order valence-electron chi connectivity index (χ3n) is 7.59. The number of nitriles is 1. The maximum Gasteiger partial charge on any atom is 0.284 e. The number of aliphatic hydroxyl groups is 1. The zero-order valence-corrected chi connectivity index (χ0v) is 19.6. The first-order chi connectivity index (χ1) is 18.3. The van der Waals surface area contributed by atoms with Crippen molar-refractivity contribution in [3.8, 4) is 6.07 Å². The Bertz CT molecular complexity index is 1520. The quantitative estimate of drug-likeness (QED) is 0.137. The number of hydrogen-bond donors (Lipinski definition) is 2. The Morgan fingerprint density at radius 2 is 1.32 bits per heavy atom. The lowest BCUT2D eigenvalue weighted by Crippen LogP contribution is -2.47. The van der Waals surface area contributed by atoms with Crippen LogP contribution in [-0.2, 0) is 14.4 Å². The van der Waals surface area contributed by atoms with Crippen LogP contribution in [0.25, 0.3) is 5.76 Å². The van der Waals surface area contributed by atoms with Gasteiger partial charge in [-0.05, 0) is 34.4 Å². The second-order valence-corrected chi connectivity index (χ2v) is 9.36. The van der Waals surface area contributed by atoms with Crippen molar-refractivity contribution in [1.29, 1.82) is 5.26 Å². The highest BCUT2D eigenvalue weighted by Gasteiger charge is 2.62. The second kappa shape index (κ2) is 8.38. The number of aliphatic hydroxyl groups excluding tert-OH is 1. The summed E-state index contributed by atoms with van der Waals surface area (Å²) in [5, 5.41) is 31.7. The molecule has 10 heteroatoms. The van der Waals surface area contributed by atoms with Gasteiger partial charge in [0.15, 0.2) is 5.57 Å². The molecule has 0 aromatic heterocycles. The van der Waals surface area contributed by atoms with Crippen LogP contribution >= 0.6 is 0 Å². The van der Waals surface area contributed by atoms with Crippen LogP contribution in [0.2, 0.25) is 0 Å². The van der Waals surface area contributed by atoms with E-state index in [0.29, 0.717) is 5.01 Å². The molecule has 3 aliphatic carbocycles. The van der Waals surface area contributed by atoms with Crippen LogP contribution in [-0.4, -0.2) is 32.8 Å². The molecule has 7 rings (SSSR count). The van der Waals surface area contributed by atoms with Crippen LogP contribution in [0, 0.1) is 33.3 Å². The molecule has 10 nitrogen and oxygen atoms in total. The lowest BCUT2D eigenvalue weighted by atomic mass is 9.55. The third-order valence-corrected chi connectivity index (χ3v) is 7.59. The van der Waals surface area contributed by atoms with Gasteiger partial charge >= 0.3 is 0 Å². The molecule has 3 aromatic rings. The van der Waals surface area contributed by atoms with Crippen molar-refractivity contribution in [3.05, 3.63) is 116 Å². The number of carbonyl (C=O) groups is 3. The molecule has 0 unspecified atom stereocenters. The second-order valence-electron chi connectivity index (χ2n) is 9.36. The van der Waals surface area contributed by atoms with Gasteiger partial charge in [0.05, 0.1) is 16.8 Å². The molecule has 186 valence electrons. The molecule has 3 aromatic carbocycles. The van der Waals surface area contributed by atoms with E-state index < -0.39 is 45.8 Å². The molecule has 0 spiro atoms. The first-order valence-electron chi connectivity index (χ1n) is 11.8. The topological polar surface area (TPSA) is 154 Å². The minimum atomic E-state index is -1.15. The number of imide groups is 1. The van der Waals surface area contributed by atoms with Gasteiger partial charge in [-0.1, -0.05) is 48.5 Å². The fourth-order valence-electron chi connectivity index (χ4n) is 6.04. The number of carbonyl (C=O) groups excluding carboxylic acids is 3. The summed E-state index contributed by atoms with van der Waals surface area (Å²) >= 11 is 0. The molecule has 3 amide bonds. The normalized spacial score (nSPS) is 23.1. The summed E-state index contributed by atoms with van der Waals surface area (Å²) in [6.07, 6.45) is 0. The molecule has 1 fully saturated rings. The van der Waals surface area contributed by atoms with Crippen LogP contribution in [0.5, 0.6) is 0 Å². The van der Waals surface area contributed by atoms with Crippen LogP contribution in [0.4, 0.5) is 5.69 Å². The van der Waals surface area contributed by atoms with Gasteiger partial charge in [0.25, 0.3) is 23.4 Å². The van der Waals surface area contributed by atoms with E-state index in [2.05, 4.69) is 5.43 Å². The Morgan fingerprint density at radius 3 is 1.71 bits per heavy atom. The number of hydrogen-bond acceptors (Lipinski definition) is 7. The van der Waals surface area contributed by atoms with Gasteiger partial charge in [0.2, 0.25) is 0 Å². The molecule has 0 saturated carbocycles. The first kappa shape index (κ1) is 23.1. The lowest BCUT2D eigenvalue weighted by molar-refractivity contribution is -0.384. The van der Waals surface area contributed by atoms with Crippen LogP contribution in [0.15, 0.2) is 78.4 Å². The van der Waals surface area contributed by atoms with Crippen molar-refractivity contribution >= 4 is 29.2 Å². The Hall–Kier alpha value is -5.30. The highest BCUT2D eigenvalue weighted by Crippen LogP contribution is 2.60. The molecule has 2 atom stereocenters. The van der Waals surface area contributed by atoms with Crippen molar-refractivity contribution in [2.75, 3.05) is 0 Å². The van der Waals surface area contributed by atoms with E-state index in [1.165, 1.54) is 12.1 Å². The van der Waals surface area contributed by atoms with Gasteiger partial charge in [-0.3, -0.25) is 29.9 Å². The van der Waals surface area contributed by atoms with Crippen molar-refractivity contribution in [2.24, 2.45) is 11.8 Å². The molecule has 38 heavy (non-hydrogen) atoms. The number of amides is 3. The molecule has 4 aliphatic rings. The van der Waals surface area contributed by atoms with Gasteiger partial charge in [-0.2, -0.15) is 10.3 Å². The summed E-state index contributed by atoms with van der Waals surface area (Å²) < 4.78 is 0. The number of benzene rings is 3. The predicted octanol–water partition coefficient (Wildman–Crippen LogP) is 3.31. The van der Waals surface area contributed by atoms with E-state index in [-0.39, 0.29) is 23.1 Å². The highest BCUT2D eigenvalue weighted by molar-refractivity contribution is 6.11. The largest absolute Gasteiger partial charge is 0.506 e. The summed E-state index contributed by atoms with van der Waals surface area (Å²) in [7, 11) is 0. The van der Waals surface area contributed by atoms with E-state index in [4.69, 9.17) is 0 Å². The monoisotopic (exact) mass is 506 g/mol. The number of rotatable bonds is 4. The molecule has 0 radical (unpaired) electrons. The van der Waals surface area contributed by atoms with Gasteiger partial charge in [-0.25, -0.2) is 0 Å². The third kappa shape index (κ3) is 3.15. The predicted molar refractivity (Wildman–Crippen MR) is 132 cm³/mol. The summed E-state index contributed by atoms with van der Waals surface area (Å²) in [6.45, 7) is 0. The van der Waals surface area contributed by atoms with Crippen molar-refractivity contribution in [2.45, 2.75) is 11.8 Å². The summed E-state index contributed by atoms with van der Waals surface area (Å²) in [5.41, 5.74) is 5.12. The summed E-state index contributed by atoms with van der Waals surface area (Å²) in [5.74, 6) is -5.24. The number of nitrogens with one attached hydrogen (secondary N) is 1. The summed E-state index contributed by atoms with van der Waals surface area (Å²) in [6, 6.07) is 21.6. The van der Waals surface area contributed by atoms with E-state index in [9.17, 15) is 34.9 Å². The lowest BCUT2D eigenvalue weighted by Gasteiger charge is -2.45. The molecule has 1 aliphatic heterocycles. The number of nitro benzene ring substituents is 1. The highest BCUT2D eigenvalue weighted by atomic mass is 16.6. The first-order valence-corrected chi connectivity index (χ1v) is 11.8. The smallest absolute Gasteiger partial charge is 0.284 e. The van der Waals surface area contributed by atoms with E-state index in [0.717, 1.165) is 34.4 Å². The van der Waals surface area contributed by atoms with Crippen molar-refractivity contribution in [3.63, 3.8) is 0 Å². The van der Waals surface area contributed by atoms with Gasteiger partial charge < -0.3 is 5.11 Å². The van der Waals surface area contributed by atoms with Crippen molar-refractivity contribution < 1.29 is 24.4 Å². The number of nitrogens with zero attached hydrogens (tertiary/aromatic N) is 3. The minimum absolute atomic E-state index is 0.0148. The zero-order chi connectivity index (χ0) is 26.7. The Kier molecular flexibility index (Phi) is 5.10. The number of nitro groups is 1. The molecule has 2 bridgehead atoms. The molecular formula is C28H18N4O6. The van der Waals surface area contributed by atoms with Gasteiger partial charge in [-0.15, -0.1) is 0 Å². The number of hydrazine groups is 1. The van der Waals surface area contributed by atoms with E-state index in [1.54, 1.807) is 6.07 Å². The fourth-order valence-corrected chi connectivity index (χ4v) is 6.04. The van der Waals surface area contributed by atoms with Gasteiger partial charge in [0, 0.05) is 29.5 Å². The summed E-state index contributed by atoms with van der Waals surface area (Å²) in [4.78, 5) is 50.5. The van der Waals surface area contributed by atoms with E-state index in [1.807, 2.05) is 48.5 Å². The SMILES string of the molecule is N#C/C(C(=O)NN1C(=O)[C@@H]2C3c4ccccc4C(c4ccccc43)[C@H]2C1=O)=C(/O)c1ccc([N+](=O)[O-])cc1. The van der Waals surface area contributed by atoms with Crippen LogP contribution < -0.4 is 5.43 Å². The Morgan fingerprint density at radius 1 is 0.868 bits per heavy atom. The Balaban J connectivity index is 1.34. The van der Waals surface area contributed by atoms with Crippen LogP contribution in [0.3, 0.4) is 0 Å². The zero-order valence-electron chi connectivity index (χ0n) is 19.6. The van der Waals surface area contributed by atoms with E-state index >= 15 is 0 Å². The Labute approximate surface area is 215 Å². The average Bonchev–Trinajstić information content (AvgIpc) is 3.18. The molecule has 1 saturated heterocycles. The maximum atomic E-state index is 13.6. The average molecular weight is 506 g/mol.